The number of benzene rings is 8. The summed E-state index contributed by atoms with van der Waals surface area (Å²) in [7, 11) is 0. The van der Waals surface area contributed by atoms with Crippen molar-refractivity contribution in [3.8, 4) is 33.6 Å². The molecule has 2 unspecified atom stereocenters. The molecule has 106 heavy (non-hydrogen) atoms. The van der Waals surface area contributed by atoms with Gasteiger partial charge in [0, 0.05) is 104 Å². The van der Waals surface area contributed by atoms with Crippen LogP contribution in [0.4, 0.5) is 65.4 Å². The van der Waals surface area contributed by atoms with Crippen LogP contribution in [0, 0.1) is 44.0 Å². The van der Waals surface area contributed by atoms with Gasteiger partial charge in [-0.15, -0.1) is 0 Å². The Kier molecular flexibility index (Phi) is 21.7. The minimum absolute atomic E-state index is 0.00365. The molecule has 0 saturated carbocycles. The first-order chi connectivity index (χ1) is 51.3. The number of nitrogens with zero attached hydrogens (tertiary/aromatic N) is 7. The molecule has 0 radical (unpaired) electrons. The lowest BCUT2D eigenvalue weighted by Gasteiger charge is -2.43. The monoisotopic (exact) mass is 1430 g/mol. The maximum absolute atomic E-state index is 17.0. The van der Waals surface area contributed by atoms with Crippen molar-refractivity contribution < 1.29 is 35.5 Å². The number of alkyl halides is 3. The summed E-state index contributed by atoms with van der Waals surface area (Å²) in [5.74, 6) is -2.06. The van der Waals surface area contributed by atoms with E-state index in [0.29, 0.717) is 104 Å². The molecule has 1 amide bonds. The summed E-state index contributed by atoms with van der Waals surface area (Å²) >= 11 is 0. The Balaban J connectivity index is 1.07. The summed E-state index contributed by atoms with van der Waals surface area (Å²) in [4.78, 5) is 41.9. The predicted octanol–water partition coefficient (Wildman–Crippen LogP) is 18.6. The Morgan fingerprint density at radius 1 is 0.538 bits per heavy atom. The molecule has 1 aliphatic rings. The van der Waals surface area contributed by atoms with Crippen molar-refractivity contribution in [2.75, 3.05) is 58.1 Å². The number of rotatable bonds is 25. The van der Waals surface area contributed by atoms with Gasteiger partial charge in [0.2, 0.25) is 11.9 Å². The minimum Gasteiger partial charge on any atom is -0.384 e. The average molecular weight is 1430 g/mol. The highest BCUT2D eigenvalue weighted by molar-refractivity contribution is 6.13. The van der Waals surface area contributed by atoms with E-state index in [2.05, 4.69) is 46.5 Å². The summed E-state index contributed by atoms with van der Waals surface area (Å²) in [6, 6.07) is 52.1. The van der Waals surface area contributed by atoms with Crippen LogP contribution in [0.25, 0.3) is 50.5 Å². The molecule has 0 spiro atoms. The van der Waals surface area contributed by atoms with Gasteiger partial charge >= 0.3 is 6.18 Å². The van der Waals surface area contributed by atoms with E-state index in [4.69, 9.17) is 15.7 Å². The number of anilines is 6. The lowest BCUT2D eigenvalue weighted by Crippen LogP contribution is -2.33. The van der Waals surface area contributed by atoms with Crippen molar-refractivity contribution in [1.82, 2.24) is 35.2 Å². The van der Waals surface area contributed by atoms with Crippen LogP contribution in [0.1, 0.15) is 85.8 Å². The zero-order valence-corrected chi connectivity index (χ0v) is 58.4. The number of nitrogens with two attached hydrogens (primary N) is 1. The second-order valence-corrected chi connectivity index (χ2v) is 26.1. The van der Waals surface area contributed by atoms with Crippen LogP contribution in [-0.4, -0.2) is 62.0 Å². The fourth-order valence-electron chi connectivity index (χ4n) is 13.3. The number of carbonyl (C=O) groups excluding carboxylic acids is 1. The summed E-state index contributed by atoms with van der Waals surface area (Å²) in [5.41, 5.74) is 17.8. The van der Waals surface area contributed by atoms with E-state index in [1.165, 1.54) is 80.1 Å². The van der Waals surface area contributed by atoms with Crippen LogP contribution < -0.4 is 37.2 Å². The molecule has 21 heteroatoms. The molecule has 12 aromatic rings. The predicted molar refractivity (Wildman–Crippen MR) is 406 cm³/mol. The smallest absolute Gasteiger partial charge is 0.384 e. The van der Waals surface area contributed by atoms with Gasteiger partial charge in [0.25, 0.3) is 0 Å². The first-order valence-electron chi connectivity index (χ1n) is 34.6. The number of amides is 1. The van der Waals surface area contributed by atoms with E-state index >= 15 is 17.6 Å². The molecule has 4 aromatic heterocycles. The van der Waals surface area contributed by atoms with Gasteiger partial charge in [-0.1, -0.05) is 102 Å². The highest BCUT2D eigenvalue weighted by Gasteiger charge is 2.39. The molecule has 8 aromatic carbocycles. The fourth-order valence-corrected chi connectivity index (χ4v) is 13.3. The van der Waals surface area contributed by atoms with E-state index in [-0.39, 0.29) is 59.8 Å². The van der Waals surface area contributed by atoms with Crippen LogP contribution in [0.3, 0.4) is 0 Å². The van der Waals surface area contributed by atoms with E-state index in [1.807, 2.05) is 117 Å². The highest BCUT2D eigenvalue weighted by Crippen LogP contribution is 2.55. The number of allylic oxidation sites excluding steroid dienone is 2. The molecule has 534 valence electrons. The summed E-state index contributed by atoms with van der Waals surface area (Å²) in [6.07, 6.45) is 7.70. The summed E-state index contributed by atoms with van der Waals surface area (Å²) < 4.78 is 110. The Morgan fingerprint density at radius 2 is 1.13 bits per heavy atom. The number of aromatic nitrogens is 6. The molecule has 0 aliphatic carbocycles. The van der Waals surface area contributed by atoms with Crippen LogP contribution >= 0.6 is 0 Å². The number of hydrogen-bond acceptors (Lipinski definition) is 13. The van der Waals surface area contributed by atoms with Gasteiger partial charge in [-0.05, 0) is 211 Å². The van der Waals surface area contributed by atoms with Crippen molar-refractivity contribution in [2.24, 2.45) is 0 Å². The molecule has 5 heterocycles. The third kappa shape index (κ3) is 16.9. The van der Waals surface area contributed by atoms with Crippen LogP contribution in [0.5, 0.6) is 0 Å². The second kappa shape index (κ2) is 32.0. The van der Waals surface area contributed by atoms with Crippen LogP contribution in [0.2, 0.25) is 0 Å². The van der Waals surface area contributed by atoms with Crippen molar-refractivity contribution in [2.45, 2.75) is 65.2 Å². The molecule has 0 fully saturated rings. The maximum Gasteiger partial charge on any atom is 0.416 e. The molecule has 7 N–H and O–H groups in total. The molecule has 2 atom stereocenters. The number of carbonyl (C=O) groups is 1. The lowest BCUT2D eigenvalue weighted by atomic mass is 9.80. The fraction of sp³-hybridized carbons (Fsp3) is 0.165. The number of nitrogen functional groups attached to an aromatic ring is 1. The van der Waals surface area contributed by atoms with E-state index < -0.39 is 47.1 Å². The lowest BCUT2D eigenvalue weighted by molar-refractivity contribution is -0.137. The van der Waals surface area contributed by atoms with E-state index in [0.717, 1.165) is 45.5 Å². The molecule has 13 rings (SSSR count). The normalized spacial score (nSPS) is 13.3. The number of nitrogens with one attached hydrogen (secondary N) is 5. The second-order valence-electron chi connectivity index (χ2n) is 26.1. The Morgan fingerprint density at radius 3 is 1.80 bits per heavy atom. The molecular weight excluding hydrogens is 1350 g/mol. The quantitative estimate of drug-likeness (QED) is 0.0298. The highest BCUT2D eigenvalue weighted by atomic mass is 19.4. The van der Waals surface area contributed by atoms with Crippen molar-refractivity contribution in [1.29, 1.82) is 0 Å². The maximum atomic E-state index is 17.0. The standard InChI is InChI=1S/C85H74F7N13O/c1-51-6-12-55(13-7-51)28-38-95-75-46-64(88)21-25-67(75)73-48-72(66-24-20-62(86)44-69(66)60-33-41-97-79(42-60)101-50-77(103-54(4)106)58-16-10-53(3)11-17-58)81(68-26-22-63(87)45-71(68)74-49-102-84(93)104-83(74)100-39-29-56-14-8-52(2)9-15-56)105(80(73)59-30-36-94-37-31-59)78-27-23-65(89)47-76(78)96-40-32-57-18-19-61(85(90,91)92)43-70(57)82-98-34-5-35-99-82/h5-27,30-31,33-37,41-49,77,80,95-96H,28-29,32,38-40,50H2,1-4H3,(H,97,101)(H,103,106)(H3,93,100,102,104). The van der Waals surface area contributed by atoms with Gasteiger partial charge in [0.05, 0.1) is 34.7 Å². The molecule has 0 saturated heterocycles. The Hall–Kier alpha value is -12.5. The SMILES string of the molecule is CC(=O)NC(CNc1cc(-c2cc(F)ccc2C2=C(c3ccc(F)cc3-c3cnc(N)nc3NCCc3ccc(C)cc3)N(c3ccc(F)cc3NCCc3ccc(C(F)(F)F)cc3-c3ncccn3)C(c3ccncc3)C(c3ccc(F)cc3NCCc3ccc(C)cc3)=C2)ccn1)c1ccc(C)cc1. The van der Waals surface area contributed by atoms with E-state index in [9.17, 15) is 18.0 Å². The van der Waals surface area contributed by atoms with Gasteiger partial charge in [0.1, 0.15) is 34.9 Å². The molecule has 14 nitrogen and oxygen atoms in total. The minimum atomic E-state index is -4.69. The molecular formula is C85H74F7N13O. The topological polar surface area (TPSA) is 184 Å². The zero-order valence-electron chi connectivity index (χ0n) is 58.4. The Bertz CT molecular complexity index is 5220. The number of halogens is 7. The first-order valence-corrected chi connectivity index (χ1v) is 34.6. The number of pyridine rings is 2. The largest absolute Gasteiger partial charge is 0.416 e. The van der Waals surface area contributed by atoms with Crippen molar-refractivity contribution in [3.05, 3.63) is 327 Å². The van der Waals surface area contributed by atoms with Gasteiger partial charge in [-0.25, -0.2) is 37.5 Å². The van der Waals surface area contributed by atoms with Crippen molar-refractivity contribution in [3.63, 3.8) is 0 Å². The number of aryl methyl sites for hydroxylation is 3. The third-order valence-corrected chi connectivity index (χ3v) is 18.5. The number of hydrogen-bond donors (Lipinski definition) is 6. The summed E-state index contributed by atoms with van der Waals surface area (Å²) in [5, 5.41) is 17.0. The summed E-state index contributed by atoms with van der Waals surface area (Å²) in [6.45, 7) is 8.34. The first kappa shape index (κ1) is 71.9. The third-order valence-electron chi connectivity index (χ3n) is 18.5. The van der Waals surface area contributed by atoms with Gasteiger partial charge in [-0.2, -0.15) is 18.2 Å². The van der Waals surface area contributed by atoms with Gasteiger partial charge < -0.3 is 37.2 Å². The Labute approximate surface area is 609 Å². The average Bonchev–Trinajstić information content (AvgIpc) is 0.719. The van der Waals surface area contributed by atoms with E-state index in [1.54, 1.807) is 61.1 Å². The van der Waals surface area contributed by atoms with Gasteiger partial charge in [0.15, 0.2) is 5.82 Å². The van der Waals surface area contributed by atoms with Gasteiger partial charge in [-0.3, -0.25) is 9.78 Å². The van der Waals surface area contributed by atoms with Crippen molar-refractivity contribution >= 4 is 57.4 Å². The van der Waals surface area contributed by atoms with Crippen LogP contribution in [0.15, 0.2) is 237 Å². The zero-order chi connectivity index (χ0) is 74.0. The molecule has 0 bridgehead atoms. The van der Waals surface area contributed by atoms with Crippen LogP contribution in [-0.2, 0) is 30.2 Å². The molecule has 1 aliphatic heterocycles.